The molecule has 0 saturated heterocycles. The van der Waals surface area contributed by atoms with E-state index < -0.39 is 11.7 Å². The lowest BCUT2D eigenvalue weighted by Crippen LogP contribution is -2.33. The summed E-state index contributed by atoms with van der Waals surface area (Å²) in [5.41, 5.74) is 1.75. The number of amides is 1. The van der Waals surface area contributed by atoms with Crippen LogP contribution < -0.4 is 10.2 Å². The molecular formula is C13H15BrN2O3. The molecule has 0 atom stereocenters. The number of hydrogen-bond donors (Lipinski definition) is 2. The van der Waals surface area contributed by atoms with Crippen molar-refractivity contribution in [3.05, 3.63) is 22.2 Å². The Balaban J connectivity index is 2.46. The molecule has 0 aliphatic carbocycles. The number of Topliss-reactive ketones (excluding diaryl/α,β-unsaturated/α-hetero) is 1. The highest BCUT2D eigenvalue weighted by Gasteiger charge is 2.30. The highest BCUT2D eigenvalue weighted by Crippen LogP contribution is 2.35. The van der Waals surface area contributed by atoms with Crippen LogP contribution in [0.1, 0.15) is 24.2 Å². The van der Waals surface area contributed by atoms with E-state index in [1.54, 1.807) is 12.1 Å². The van der Waals surface area contributed by atoms with E-state index >= 15 is 0 Å². The van der Waals surface area contributed by atoms with Gasteiger partial charge in [0.05, 0.1) is 23.5 Å². The number of fused-ring (bicyclic) bond motifs is 1. The number of carbonyl (C=O) groups excluding carboxylic acids is 2. The Hall–Kier alpha value is -1.40. The SMILES string of the molecule is CC(C)N(CCO)c1cc2c(cc1Br)C(=O)C(=O)N2. The lowest BCUT2D eigenvalue weighted by molar-refractivity contribution is -0.112. The maximum absolute atomic E-state index is 11.6. The zero-order valence-corrected chi connectivity index (χ0v) is 12.3. The molecule has 19 heavy (non-hydrogen) atoms. The van der Waals surface area contributed by atoms with Crippen molar-refractivity contribution in [3.8, 4) is 0 Å². The van der Waals surface area contributed by atoms with Crippen molar-refractivity contribution in [2.75, 3.05) is 23.4 Å². The molecule has 0 bridgehead atoms. The van der Waals surface area contributed by atoms with Gasteiger partial charge in [-0.2, -0.15) is 0 Å². The van der Waals surface area contributed by atoms with E-state index in [4.69, 9.17) is 5.11 Å². The Kier molecular flexibility index (Phi) is 3.91. The smallest absolute Gasteiger partial charge is 0.296 e. The fraction of sp³-hybridized carbons (Fsp3) is 0.385. The van der Waals surface area contributed by atoms with E-state index in [-0.39, 0.29) is 12.6 Å². The van der Waals surface area contributed by atoms with E-state index in [0.29, 0.717) is 17.8 Å². The first kappa shape index (κ1) is 14.0. The summed E-state index contributed by atoms with van der Waals surface area (Å²) in [6.45, 7) is 4.54. The minimum atomic E-state index is -0.600. The van der Waals surface area contributed by atoms with Crippen molar-refractivity contribution in [1.82, 2.24) is 0 Å². The summed E-state index contributed by atoms with van der Waals surface area (Å²) >= 11 is 3.42. The molecule has 6 heteroatoms. The van der Waals surface area contributed by atoms with Crippen LogP contribution in [-0.2, 0) is 4.79 Å². The summed E-state index contributed by atoms with van der Waals surface area (Å²) in [6, 6.07) is 3.60. The van der Waals surface area contributed by atoms with E-state index in [2.05, 4.69) is 21.2 Å². The maximum atomic E-state index is 11.6. The van der Waals surface area contributed by atoms with E-state index in [1.165, 1.54) is 0 Å². The first-order chi connectivity index (χ1) is 8.95. The molecule has 0 fully saturated rings. The number of anilines is 2. The van der Waals surface area contributed by atoms with Crippen LogP contribution in [0, 0.1) is 0 Å². The highest BCUT2D eigenvalue weighted by molar-refractivity contribution is 9.10. The monoisotopic (exact) mass is 326 g/mol. The van der Waals surface area contributed by atoms with Gasteiger partial charge in [-0.1, -0.05) is 0 Å². The fourth-order valence-electron chi connectivity index (χ4n) is 2.14. The number of nitrogens with zero attached hydrogens (tertiary/aromatic N) is 1. The number of nitrogens with one attached hydrogen (secondary N) is 1. The van der Waals surface area contributed by atoms with Gasteiger partial charge in [-0.25, -0.2) is 0 Å². The molecule has 1 heterocycles. The first-order valence-electron chi connectivity index (χ1n) is 6.02. The van der Waals surface area contributed by atoms with Crippen LogP contribution in [0.2, 0.25) is 0 Å². The van der Waals surface area contributed by atoms with Crippen LogP contribution in [0.25, 0.3) is 0 Å². The predicted octanol–water partition coefficient (Wildman–Crippen LogP) is 1.79. The van der Waals surface area contributed by atoms with Gasteiger partial charge in [0, 0.05) is 17.1 Å². The van der Waals surface area contributed by atoms with Crippen LogP contribution in [0.4, 0.5) is 11.4 Å². The molecule has 5 nitrogen and oxygen atoms in total. The largest absolute Gasteiger partial charge is 0.395 e. The fourth-order valence-corrected chi connectivity index (χ4v) is 2.71. The van der Waals surface area contributed by atoms with Crippen molar-refractivity contribution in [1.29, 1.82) is 0 Å². The summed E-state index contributed by atoms with van der Waals surface area (Å²) in [5.74, 6) is -1.11. The van der Waals surface area contributed by atoms with Crippen LogP contribution in [0.15, 0.2) is 16.6 Å². The minimum Gasteiger partial charge on any atom is -0.395 e. The second-order valence-corrected chi connectivity index (χ2v) is 5.50. The molecule has 0 spiro atoms. The third kappa shape index (κ3) is 2.50. The number of ketones is 1. The Morgan fingerprint density at radius 3 is 2.63 bits per heavy atom. The van der Waals surface area contributed by atoms with Gasteiger partial charge in [-0.05, 0) is 41.9 Å². The second kappa shape index (κ2) is 5.30. The van der Waals surface area contributed by atoms with Gasteiger partial charge in [-0.3, -0.25) is 9.59 Å². The third-order valence-corrected chi connectivity index (χ3v) is 3.69. The lowest BCUT2D eigenvalue weighted by Gasteiger charge is -2.29. The third-order valence-electron chi connectivity index (χ3n) is 3.06. The molecular weight excluding hydrogens is 312 g/mol. The van der Waals surface area contributed by atoms with Gasteiger partial charge in [0.2, 0.25) is 0 Å². The second-order valence-electron chi connectivity index (χ2n) is 4.64. The normalized spacial score (nSPS) is 13.7. The molecule has 2 N–H and O–H groups in total. The summed E-state index contributed by atoms with van der Waals surface area (Å²) in [5, 5.41) is 11.7. The van der Waals surface area contributed by atoms with Crippen molar-refractivity contribution < 1.29 is 14.7 Å². The molecule has 102 valence electrons. The van der Waals surface area contributed by atoms with Crippen molar-refractivity contribution in [2.45, 2.75) is 19.9 Å². The molecule has 1 aromatic rings. The van der Waals surface area contributed by atoms with E-state index in [9.17, 15) is 9.59 Å². The van der Waals surface area contributed by atoms with Crippen LogP contribution in [0.3, 0.4) is 0 Å². The van der Waals surface area contributed by atoms with Crippen LogP contribution in [-0.4, -0.2) is 36.0 Å². The number of halogens is 1. The topological polar surface area (TPSA) is 69.6 Å². The first-order valence-corrected chi connectivity index (χ1v) is 6.81. The Bertz CT molecular complexity index is 543. The number of carbonyl (C=O) groups is 2. The summed E-state index contributed by atoms with van der Waals surface area (Å²) in [4.78, 5) is 25.0. The molecule has 1 aliphatic rings. The molecule has 2 rings (SSSR count). The summed E-state index contributed by atoms with van der Waals surface area (Å²) in [7, 11) is 0. The molecule has 1 aromatic carbocycles. The van der Waals surface area contributed by atoms with E-state index in [0.717, 1.165) is 10.2 Å². The van der Waals surface area contributed by atoms with Gasteiger partial charge in [0.15, 0.2) is 0 Å². The van der Waals surface area contributed by atoms with Crippen molar-refractivity contribution in [2.24, 2.45) is 0 Å². The molecule has 1 amide bonds. The number of aliphatic hydroxyl groups excluding tert-OH is 1. The van der Waals surface area contributed by atoms with Crippen molar-refractivity contribution in [3.63, 3.8) is 0 Å². The number of hydrogen-bond acceptors (Lipinski definition) is 4. The van der Waals surface area contributed by atoms with Gasteiger partial charge < -0.3 is 15.3 Å². The maximum Gasteiger partial charge on any atom is 0.296 e. The zero-order valence-electron chi connectivity index (χ0n) is 10.7. The Labute approximate surface area is 119 Å². The van der Waals surface area contributed by atoms with Crippen molar-refractivity contribution >= 4 is 39.0 Å². The molecule has 0 unspecified atom stereocenters. The molecule has 1 aliphatic heterocycles. The highest BCUT2D eigenvalue weighted by atomic mass is 79.9. The number of aliphatic hydroxyl groups is 1. The predicted molar refractivity (Wildman–Crippen MR) is 76.7 cm³/mol. The number of rotatable bonds is 4. The Morgan fingerprint density at radius 1 is 1.37 bits per heavy atom. The lowest BCUT2D eigenvalue weighted by atomic mass is 10.1. The molecule has 0 radical (unpaired) electrons. The van der Waals surface area contributed by atoms with E-state index in [1.807, 2.05) is 18.7 Å². The Morgan fingerprint density at radius 2 is 2.05 bits per heavy atom. The standard InChI is InChI=1S/C13H15BrN2O3/c1-7(2)16(3-4-17)11-6-10-8(5-9(11)14)12(18)13(19)15-10/h5-7,17H,3-4H2,1-2H3,(H,15,18,19). The summed E-state index contributed by atoms with van der Waals surface area (Å²) in [6.07, 6.45) is 0. The minimum absolute atomic E-state index is 0.0347. The zero-order chi connectivity index (χ0) is 14.2. The number of benzene rings is 1. The molecule has 0 saturated carbocycles. The van der Waals surface area contributed by atoms with Gasteiger partial charge in [0.25, 0.3) is 11.7 Å². The van der Waals surface area contributed by atoms with Crippen LogP contribution >= 0.6 is 15.9 Å². The quantitative estimate of drug-likeness (QED) is 0.828. The average Bonchev–Trinajstić information content (AvgIpc) is 2.62. The van der Waals surface area contributed by atoms with Gasteiger partial charge >= 0.3 is 0 Å². The van der Waals surface area contributed by atoms with Gasteiger partial charge in [-0.15, -0.1) is 0 Å². The van der Waals surface area contributed by atoms with Gasteiger partial charge in [0.1, 0.15) is 0 Å². The molecule has 0 aromatic heterocycles. The summed E-state index contributed by atoms with van der Waals surface area (Å²) < 4.78 is 0.734. The van der Waals surface area contributed by atoms with Crippen LogP contribution in [0.5, 0.6) is 0 Å². The average molecular weight is 327 g/mol.